The second kappa shape index (κ2) is 6.55. The van der Waals surface area contributed by atoms with Gasteiger partial charge in [-0.05, 0) is 72.5 Å². The van der Waals surface area contributed by atoms with Crippen molar-refractivity contribution in [3.05, 3.63) is 69.5 Å². The Kier molecular flexibility index (Phi) is 4.42. The Morgan fingerprint density at radius 2 is 1.83 bits per heavy atom. The molecule has 1 saturated heterocycles. The van der Waals surface area contributed by atoms with Crippen LogP contribution in [0.5, 0.6) is 0 Å². The maximum absolute atomic E-state index is 13.8. The Balaban J connectivity index is 1.96. The van der Waals surface area contributed by atoms with Crippen molar-refractivity contribution in [3.63, 3.8) is 0 Å². The normalized spacial score (nSPS) is 18.1. The lowest BCUT2D eigenvalue weighted by atomic mass is 9.86. The molecule has 0 aliphatic carbocycles. The molecule has 0 aromatic heterocycles. The molecule has 0 amide bonds. The molecule has 24 heavy (non-hydrogen) atoms. The van der Waals surface area contributed by atoms with Gasteiger partial charge in [0.15, 0.2) is 0 Å². The Morgan fingerprint density at radius 3 is 2.62 bits per heavy atom. The molecule has 1 nitrogen and oxygen atoms in total. The standard InChI is InChI=1S/C20H19ClFNS/c1-23-8-6-13(7-9-23)20-17-4-3-16(22)10-14(17)12-24-19-5-2-15(21)11-18(19)20/h2-5,10-11H,6-9,12H2,1H3. The number of piperidine rings is 1. The van der Waals surface area contributed by atoms with E-state index in [1.54, 1.807) is 23.9 Å². The lowest BCUT2D eigenvalue weighted by Crippen LogP contribution is -2.27. The van der Waals surface area contributed by atoms with Gasteiger partial charge in [0.2, 0.25) is 0 Å². The topological polar surface area (TPSA) is 3.24 Å². The number of thioether (sulfide) groups is 1. The van der Waals surface area contributed by atoms with Gasteiger partial charge in [0, 0.05) is 28.8 Å². The van der Waals surface area contributed by atoms with E-state index < -0.39 is 0 Å². The summed E-state index contributed by atoms with van der Waals surface area (Å²) in [5.41, 5.74) is 6.20. The lowest BCUT2D eigenvalue weighted by molar-refractivity contribution is 0.313. The second-order valence-electron chi connectivity index (χ2n) is 6.51. The summed E-state index contributed by atoms with van der Waals surface area (Å²) in [6.45, 7) is 2.14. The van der Waals surface area contributed by atoms with Gasteiger partial charge < -0.3 is 4.90 Å². The molecule has 2 heterocycles. The van der Waals surface area contributed by atoms with Gasteiger partial charge in [0.05, 0.1) is 0 Å². The molecule has 0 N–H and O–H groups in total. The third-order valence-corrected chi connectivity index (χ3v) is 6.23. The van der Waals surface area contributed by atoms with E-state index in [9.17, 15) is 4.39 Å². The van der Waals surface area contributed by atoms with E-state index in [1.807, 2.05) is 12.1 Å². The first-order chi connectivity index (χ1) is 11.6. The molecule has 0 spiro atoms. The van der Waals surface area contributed by atoms with Crippen molar-refractivity contribution in [2.75, 3.05) is 20.1 Å². The Hall–Kier alpha value is -1.29. The van der Waals surface area contributed by atoms with Crippen molar-refractivity contribution in [3.8, 4) is 0 Å². The molecule has 124 valence electrons. The highest BCUT2D eigenvalue weighted by Crippen LogP contribution is 2.44. The summed E-state index contributed by atoms with van der Waals surface area (Å²) in [5.74, 6) is 0.629. The van der Waals surface area contributed by atoms with Crippen LogP contribution in [0.3, 0.4) is 0 Å². The molecular weight excluding hydrogens is 341 g/mol. The first-order valence-corrected chi connectivity index (χ1v) is 9.60. The fourth-order valence-corrected chi connectivity index (χ4v) is 4.77. The van der Waals surface area contributed by atoms with Gasteiger partial charge >= 0.3 is 0 Å². The molecule has 2 aromatic carbocycles. The number of hydrogen-bond acceptors (Lipinski definition) is 2. The number of hydrogen-bond donors (Lipinski definition) is 0. The van der Waals surface area contributed by atoms with Crippen molar-refractivity contribution in [1.29, 1.82) is 0 Å². The molecule has 1 fully saturated rings. The van der Waals surface area contributed by atoms with E-state index in [0.717, 1.165) is 42.3 Å². The minimum absolute atomic E-state index is 0.161. The number of benzene rings is 2. The average molecular weight is 360 g/mol. The van der Waals surface area contributed by atoms with Crippen LogP contribution in [0.4, 0.5) is 4.39 Å². The third kappa shape index (κ3) is 3.01. The lowest BCUT2D eigenvalue weighted by Gasteiger charge is -2.27. The van der Waals surface area contributed by atoms with Crippen LogP contribution >= 0.6 is 23.4 Å². The number of nitrogens with zero attached hydrogens (tertiary/aromatic N) is 1. The molecule has 4 heteroatoms. The van der Waals surface area contributed by atoms with Crippen LogP contribution in [0.25, 0.3) is 5.57 Å². The van der Waals surface area contributed by atoms with Crippen molar-refractivity contribution in [1.82, 2.24) is 4.90 Å². The quantitative estimate of drug-likeness (QED) is 0.601. The third-order valence-electron chi connectivity index (χ3n) is 4.87. The molecule has 0 atom stereocenters. The maximum Gasteiger partial charge on any atom is 0.123 e. The van der Waals surface area contributed by atoms with Gasteiger partial charge in [-0.15, -0.1) is 11.8 Å². The minimum Gasteiger partial charge on any atom is -0.306 e. The fourth-order valence-electron chi connectivity index (χ4n) is 3.57. The molecule has 4 rings (SSSR count). The summed E-state index contributed by atoms with van der Waals surface area (Å²) in [5, 5.41) is 0.755. The zero-order valence-electron chi connectivity index (χ0n) is 13.6. The van der Waals surface area contributed by atoms with E-state index in [4.69, 9.17) is 11.6 Å². The first-order valence-electron chi connectivity index (χ1n) is 8.24. The molecule has 0 radical (unpaired) electrons. The summed E-state index contributed by atoms with van der Waals surface area (Å²) in [6, 6.07) is 11.3. The zero-order chi connectivity index (χ0) is 16.7. The van der Waals surface area contributed by atoms with E-state index in [2.05, 4.69) is 24.1 Å². The van der Waals surface area contributed by atoms with Gasteiger partial charge in [-0.1, -0.05) is 23.2 Å². The Morgan fingerprint density at radius 1 is 1.04 bits per heavy atom. The van der Waals surface area contributed by atoms with Gasteiger partial charge in [-0.2, -0.15) is 0 Å². The van der Waals surface area contributed by atoms with Gasteiger partial charge in [0.1, 0.15) is 5.82 Å². The maximum atomic E-state index is 13.8. The summed E-state index contributed by atoms with van der Waals surface area (Å²) in [4.78, 5) is 3.59. The molecule has 0 unspecified atom stereocenters. The van der Waals surface area contributed by atoms with Crippen LogP contribution in [0.2, 0.25) is 5.02 Å². The highest BCUT2D eigenvalue weighted by molar-refractivity contribution is 7.98. The largest absolute Gasteiger partial charge is 0.306 e. The Labute approximate surface area is 151 Å². The summed E-state index contributed by atoms with van der Waals surface area (Å²) < 4.78 is 13.8. The molecule has 2 aliphatic rings. The predicted octanol–water partition coefficient (Wildman–Crippen LogP) is 5.61. The van der Waals surface area contributed by atoms with Crippen molar-refractivity contribution in [2.24, 2.45) is 0 Å². The van der Waals surface area contributed by atoms with E-state index >= 15 is 0 Å². The molecule has 0 bridgehead atoms. The zero-order valence-corrected chi connectivity index (χ0v) is 15.2. The van der Waals surface area contributed by atoms with Crippen LogP contribution in [-0.4, -0.2) is 25.0 Å². The molecular formula is C20H19ClFNS. The van der Waals surface area contributed by atoms with Crippen molar-refractivity contribution in [2.45, 2.75) is 23.5 Å². The smallest absolute Gasteiger partial charge is 0.123 e. The summed E-state index contributed by atoms with van der Waals surface area (Å²) in [7, 11) is 2.17. The van der Waals surface area contributed by atoms with Crippen LogP contribution in [0.1, 0.15) is 29.5 Å². The Bertz CT molecular complexity index is 820. The summed E-state index contributed by atoms with van der Waals surface area (Å²) in [6.07, 6.45) is 2.11. The van der Waals surface area contributed by atoms with Crippen LogP contribution < -0.4 is 0 Å². The van der Waals surface area contributed by atoms with Gasteiger partial charge in [-0.3, -0.25) is 0 Å². The van der Waals surface area contributed by atoms with Crippen LogP contribution in [-0.2, 0) is 5.75 Å². The highest BCUT2D eigenvalue weighted by Gasteiger charge is 2.24. The van der Waals surface area contributed by atoms with Crippen molar-refractivity contribution >= 4 is 28.9 Å². The van der Waals surface area contributed by atoms with Gasteiger partial charge in [0.25, 0.3) is 0 Å². The van der Waals surface area contributed by atoms with Crippen LogP contribution in [0.15, 0.2) is 46.9 Å². The summed E-state index contributed by atoms with van der Waals surface area (Å²) >= 11 is 8.08. The predicted molar refractivity (Wildman–Crippen MR) is 100 cm³/mol. The minimum atomic E-state index is -0.161. The number of halogens is 2. The number of rotatable bonds is 0. The van der Waals surface area contributed by atoms with E-state index in [1.165, 1.54) is 27.2 Å². The number of likely N-dealkylation sites (tertiary alicyclic amines) is 1. The number of fused-ring (bicyclic) bond motifs is 2. The average Bonchev–Trinajstić information content (AvgIpc) is 2.72. The second-order valence-corrected chi connectivity index (χ2v) is 7.97. The van der Waals surface area contributed by atoms with E-state index in [-0.39, 0.29) is 5.82 Å². The fraction of sp³-hybridized carbons (Fsp3) is 0.300. The monoisotopic (exact) mass is 359 g/mol. The van der Waals surface area contributed by atoms with E-state index in [0.29, 0.717) is 0 Å². The first kappa shape index (κ1) is 16.2. The van der Waals surface area contributed by atoms with Crippen molar-refractivity contribution < 1.29 is 4.39 Å². The SMILES string of the molecule is CN1CCC(=C2c3ccc(F)cc3CSc3ccc(Cl)cc32)CC1. The molecule has 2 aliphatic heterocycles. The highest BCUT2D eigenvalue weighted by atomic mass is 35.5. The molecule has 0 saturated carbocycles. The van der Waals surface area contributed by atoms with Gasteiger partial charge in [-0.25, -0.2) is 4.39 Å². The molecule has 2 aromatic rings. The van der Waals surface area contributed by atoms with Crippen LogP contribution in [0, 0.1) is 5.82 Å².